The summed E-state index contributed by atoms with van der Waals surface area (Å²) in [5.74, 6) is 0.710. The van der Waals surface area contributed by atoms with Crippen molar-refractivity contribution in [2.45, 2.75) is 53.5 Å². The zero-order valence-electron chi connectivity index (χ0n) is 13.4. The predicted octanol–water partition coefficient (Wildman–Crippen LogP) is 4.58. The fraction of sp³-hybridized carbons (Fsp3) is 0.667. The summed E-state index contributed by atoms with van der Waals surface area (Å²) < 4.78 is 0. The molecule has 0 radical (unpaired) electrons. The summed E-state index contributed by atoms with van der Waals surface area (Å²) in [5.41, 5.74) is 3.73. The van der Waals surface area contributed by atoms with Crippen LogP contribution in [0.25, 0.3) is 0 Å². The number of rotatable bonds is 5. The first-order valence-corrected chi connectivity index (χ1v) is 7.62. The lowest BCUT2D eigenvalue weighted by Gasteiger charge is -2.19. The van der Waals surface area contributed by atoms with E-state index in [0.29, 0.717) is 22.8 Å². The standard InChI is InChI=1S/C18H29N/c1-7-8-13-9-11-14(12-10-13)15(19-6)16-17(2,3)18(16,4)5/h9-12,15-16,19H,7-8H2,1-6H3. The summed E-state index contributed by atoms with van der Waals surface area (Å²) in [4.78, 5) is 0. The summed E-state index contributed by atoms with van der Waals surface area (Å²) in [7, 11) is 2.09. The Morgan fingerprint density at radius 1 is 1.05 bits per heavy atom. The Kier molecular flexibility index (Phi) is 3.79. The van der Waals surface area contributed by atoms with Crippen molar-refractivity contribution in [1.82, 2.24) is 5.32 Å². The molecule has 1 heteroatoms. The van der Waals surface area contributed by atoms with Crippen molar-refractivity contribution < 1.29 is 0 Å². The van der Waals surface area contributed by atoms with Gasteiger partial charge in [-0.1, -0.05) is 65.3 Å². The molecule has 1 aliphatic rings. The van der Waals surface area contributed by atoms with E-state index in [1.165, 1.54) is 24.0 Å². The maximum Gasteiger partial charge on any atom is 0.0356 e. The molecule has 106 valence electrons. The minimum atomic E-state index is 0.419. The maximum absolute atomic E-state index is 3.54. The third kappa shape index (κ3) is 2.33. The van der Waals surface area contributed by atoms with Gasteiger partial charge in [-0.15, -0.1) is 0 Å². The van der Waals surface area contributed by atoms with E-state index in [0.717, 1.165) is 0 Å². The van der Waals surface area contributed by atoms with Crippen molar-refractivity contribution >= 4 is 0 Å². The molecule has 1 fully saturated rings. The first kappa shape index (κ1) is 14.6. The number of aryl methyl sites for hydroxylation is 1. The summed E-state index contributed by atoms with van der Waals surface area (Å²) in [6.45, 7) is 11.8. The average molecular weight is 259 g/mol. The van der Waals surface area contributed by atoms with E-state index in [1.807, 2.05) is 0 Å². The topological polar surface area (TPSA) is 12.0 Å². The van der Waals surface area contributed by atoms with Crippen molar-refractivity contribution in [3.63, 3.8) is 0 Å². The molecule has 1 aromatic rings. The third-order valence-corrected chi connectivity index (χ3v) is 5.65. The molecule has 1 aromatic carbocycles. The Balaban J connectivity index is 2.20. The second kappa shape index (κ2) is 4.94. The summed E-state index contributed by atoms with van der Waals surface area (Å²) in [5, 5.41) is 3.54. The van der Waals surface area contributed by atoms with Crippen LogP contribution < -0.4 is 5.32 Å². The Hall–Kier alpha value is -0.820. The van der Waals surface area contributed by atoms with Crippen LogP contribution >= 0.6 is 0 Å². The van der Waals surface area contributed by atoms with Crippen molar-refractivity contribution in [2.75, 3.05) is 7.05 Å². The molecule has 1 aliphatic carbocycles. The van der Waals surface area contributed by atoms with Gasteiger partial charge in [0.15, 0.2) is 0 Å². The fourth-order valence-corrected chi connectivity index (χ4v) is 3.79. The average Bonchev–Trinajstić information content (AvgIpc) is 2.75. The van der Waals surface area contributed by atoms with Crippen LogP contribution in [0.2, 0.25) is 0 Å². The van der Waals surface area contributed by atoms with Gasteiger partial charge in [-0.25, -0.2) is 0 Å². The Labute approximate surface area is 118 Å². The van der Waals surface area contributed by atoms with E-state index in [2.05, 4.69) is 71.2 Å². The number of hydrogen-bond acceptors (Lipinski definition) is 1. The molecule has 0 amide bonds. The zero-order chi connectivity index (χ0) is 14.3. The van der Waals surface area contributed by atoms with Crippen LogP contribution in [0.3, 0.4) is 0 Å². The molecule has 0 saturated heterocycles. The molecule has 0 aromatic heterocycles. The van der Waals surface area contributed by atoms with Gasteiger partial charge in [-0.3, -0.25) is 0 Å². The Morgan fingerprint density at radius 2 is 1.58 bits per heavy atom. The maximum atomic E-state index is 3.54. The first-order valence-electron chi connectivity index (χ1n) is 7.62. The minimum Gasteiger partial charge on any atom is -0.313 e. The van der Waals surface area contributed by atoms with Crippen molar-refractivity contribution in [1.29, 1.82) is 0 Å². The SMILES string of the molecule is CCCc1ccc(C(NC)C2C(C)(C)C2(C)C)cc1. The van der Waals surface area contributed by atoms with E-state index >= 15 is 0 Å². The second-order valence-corrected chi connectivity index (χ2v) is 7.18. The molecule has 0 heterocycles. The summed E-state index contributed by atoms with van der Waals surface area (Å²) in [6, 6.07) is 9.70. The molecule has 0 bridgehead atoms. The molecular weight excluding hydrogens is 230 g/mol. The first-order chi connectivity index (χ1) is 8.86. The third-order valence-electron chi connectivity index (χ3n) is 5.65. The van der Waals surface area contributed by atoms with Gasteiger partial charge in [0.25, 0.3) is 0 Å². The van der Waals surface area contributed by atoms with Gasteiger partial charge in [0.05, 0.1) is 0 Å². The van der Waals surface area contributed by atoms with Gasteiger partial charge < -0.3 is 5.32 Å². The predicted molar refractivity (Wildman–Crippen MR) is 83.3 cm³/mol. The smallest absolute Gasteiger partial charge is 0.0356 e. The lowest BCUT2D eigenvalue weighted by Crippen LogP contribution is -2.21. The van der Waals surface area contributed by atoms with Crippen LogP contribution in [0.15, 0.2) is 24.3 Å². The molecule has 0 spiro atoms. The van der Waals surface area contributed by atoms with Crippen molar-refractivity contribution in [2.24, 2.45) is 16.7 Å². The van der Waals surface area contributed by atoms with E-state index in [-0.39, 0.29) is 0 Å². The van der Waals surface area contributed by atoms with Gasteiger partial charge in [0, 0.05) is 6.04 Å². The van der Waals surface area contributed by atoms with Crippen LogP contribution in [0, 0.1) is 16.7 Å². The molecule has 1 atom stereocenters. The summed E-state index contributed by atoms with van der Waals surface area (Å²) >= 11 is 0. The van der Waals surface area contributed by atoms with Crippen molar-refractivity contribution in [3.05, 3.63) is 35.4 Å². The van der Waals surface area contributed by atoms with Crippen LogP contribution in [-0.2, 0) is 6.42 Å². The minimum absolute atomic E-state index is 0.419. The number of benzene rings is 1. The highest BCUT2D eigenvalue weighted by Gasteiger charge is 2.67. The Morgan fingerprint density at radius 3 is 1.95 bits per heavy atom. The zero-order valence-corrected chi connectivity index (χ0v) is 13.4. The van der Waals surface area contributed by atoms with E-state index in [4.69, 9.17) is 0 Å². The second-order valence-electron chi connectivity index (χ2n) is 7.18. The van der Waals surface area contributed by atoms with Gasteiger partial charge in [-0.2, -0.15) is 0 Å². The highest BCUT2D eigenvalue weighted by Crippen LogP contribution is 2.72. The van der Waals surface area contributed by atoms with Crippen LogP contribution in [-0.4, -0.2) is 7.05 Å². The van der Waals surface area contributed by atoms with E-state index in [9.17, 15) is 0 Å². The Bertz CT molecular complexity index is 414. The lowest BCUT2D eigenvalue weighted by atomic mass is 9.95. The van der Waals surface area contributed by atoms with Gasteiger partial charge in [0.1, 0.15) is 0 Å². The summed E-state index contributed by atoms with van der Waals surface area (Å²) in [6.07, 6.45) is 2.41. The van der Waals surface area contributed by atoms with E-state index < -0.39 is 0 Å². The fourth-order valence-electron chi connectivity index (χ4n) is 3.79. The molecule has 1 nitrogen and oxygen atoms in total. The van der Waals surface area contributed by atoms with Gasteiger partial charge in [-0.05, 0) is 41.3 Å². The molecular formula is C18H29N. The van der Waals surface area contributed by atoms with Crippen LogP contribution in [0.5, 0.6) is 0 Å². The van der Waals surface area contributed by atoms with E-state index in [1.54, 1.807) is 0 Å². The lowest BCUT2D eigenvalue weighted by molar-refractivity contribution is 0.438. The molecule has 1 N–H and O–H groups in total. The quantitative estimate of drug-likeness (QED) is 0.816. The van der Waals surface area contributed by atoms with Crippen LogP contribution in [0.1, 0.15) is 58.2 Å². The van der Waals surface area contributed by atoms with Gasteiger partial charge in [0.2, 0.25) is 0 Å². The monoisotopic (exact) mass is 259 g/mol. The normalized spacial score (nSPS) is 22.2. The van der Waals surface area contributed by atoms with Crippen molar-refractivity contribution in [3.8, 4) is 0 Å². The molecule has 19 heavy (non-hydrogen) atoms. The molecule has 0 aliphatic heterocycles. The molecule has 2 rings (SSSR count). The molecule has 1 unspecified atom stereocenters. The number of nitrogens with one attached hydrogen (secondary N) is 1. The highest BCUT2D eigenvalue weighted by atomic mass is 14.9. The number of hydrogen-bond donors (Lipinski definition) is 1. The largest absolute Gasteiger partial charge is 0.313 e. The molecule has 1 saturated carbocycles. The highest BCUT2D eigenvalue weighted by molar-refractivity contribution is 5.30. The van der Waals surface area contributed by atoms with Crippen LogP contribution in [0.4, 0.5) is 0 Å². The van der Waals surface area contributed by atoms with Gasteiger partial charge >= 0.3 is 0 Å².